The van der Waals surface area contributed by atoms with Gasteiger partial charge in [-0.1, -0.05) is 0 Å². The number of aromatic amines is 1. The molecule has 4 rings (SSSR count). The Morgan fingerprint density at radius 1 is 1.31 bits per heavy atom. The van der Waals surface area contributed by atoms with Gasteiger partial charge in [0.25, 0.3) is 0 Å². The van der Waals surface area contributed by atoms with Crippen molar-refractivity contribution in [1.29, 1.82) is 0 Å². The molecule has 3 heterocycles. The van der Waals surface area contributed by atoms with Gasteiger partial charge in [0.2, 0.25) is 0 Å². The number of para-hydroxylation sites is 1. The van der Waals surface area contributed by atoms with Crippen molar-refractivity contribution in [2.45, 2.75) is 25.7 Å². The number of likely N-dealkylation sites (tertiary alicyclic amines) is 1. The molecule has 0 radical (unpaired) electrons. The van der Waals surface area contributed by atoms with E-state index in [0.29, 0.717) is 30.0 Å². The van der Waals surface area contributed by atoms with Crippen molar-refractivity contribution in [3.05, 3.63) is 35.9 Å². The van der Waals surface area contributed by atoms with Gasteiger partial charge in [-0.05, 0) is 0 Å². The van der Waals surface area contributed by atoms with Gasteiger partial charge in [-0.25, -0.2) is 0 Å². The van der Waals surface area contributed by atoms with E-state index in [2.05, 4.69) is 15.2 Å². The number of nitrogens with one attached hydrogen (secondary N) is 1. The van der Waals surface area contributed by atoms with Crippen molar-refractivity contribution >= 4 is 41.9 Å². The van der Waals surface area contributed by atoms with Crippen LogP contribution in [-0.2, 0) is 4.79 Å². The number of fused-ring (bicyclic) bond motifs is 1. The molecule has 8 nitrogen and oxygen atoms in total. The Bertz CT molecular complexity index is 1100. The van der Waals surface area contributed by atoms with Crippen molar-refractivity contribution in [2.24, 2.45) is 0 Å². The Kier molecular flexibility index (Phi) is 5.28. The van der Waals surface area contributed by atoms with E-state index in [0.717, 1.165) is 28.3 Å². The Morgan fingerprint density at radius 2 is 2.10 bits per heavy atom. The quantitative estimate of drug-likeness (QED) is 0.515. The molecule has 2 atom stereocenters. The minimum absolute atomic E-state index is 0.0233. The number of H-pyrrole nitrogens is 1. The third-order valence-electron chi connectivity index (χ3n) is 5.17. The van der Waals surface area contributed by atoms with Crippen LogP contribution in [0.4, 0.5) is 4.79 Å². The number of carbonyl (C=O) groups is 2. The van der Waals surface area contributed by atoms with Crippen LogP contribution in [0.15, 0.2) is 30.3 Å². The molecule has 1 fully saturated rings. The molecule has 150 valence electrons. The van der Waals surface area contributed by atoms with Gasteiger partial charge >= 0.3 is 173 Å². The molecule has 9 heteroatoms. The molecule has 1 amide bonds. The number of nitrogens with zero attached hydrogens (tertiary/aromatic N) is 3. The first-order valence-corrected chi connectivity index (χ1v) is 11.5. The molecule has 3 aromatic rings. The Labute approximate surface area is 173 Å². The van der Waals surface area contributed by atoms with E-state index in [-0.39, 0.29) is 16.2 Å². The second kappa shape index (κ2) is 7.87. The number of aromatic hydroxyl groups is 1. The second-order valence-electron chi connectivity index (χ2n) is 7.16. The molecular formula is C20H21AsN4O4. The number of carboxylic acid groups (broad SMARTS) is 1. The van der Waals surface area contributed by atoms with E-state index in [1.54, 1.807) is 25.1 Å². The SMILES string of the molecule is CC(=O)[AsH]c1n[nH]c2nc(-c3ccccc3O)cc(C3CCCN(C(=O)O)C3)c12. The van der Waals surface area contributed by atoms with Crippen molar-refractivity contribution in [3.63, 3.8) is 0 Å². The topological polar surface area (TPSA) is 119 Å². The Hall–Kier alpha value is -2.86. The second-order valence-corrected chi connectivity index (χ2v) is 10.2. The van der Waals surface area contributed by atoms with Gasteiger partial charge in [-0.3, -0.25) is 0 Å². The van der Waals surface area contributed by atoms with E-state index < -0.39 is 21.8 Å². The fraction of sp³-hybridized carbons (Fsp3) is 0.300. The third-order valence-corrected chi connectivity index (χ3v) is 7.16. The maximum absolute atomic E-state index is 11.8. The fourth-order valence-electron chi connectivity index (χ4n) is 3.87. The number of hydrogen-bond acceptors (Lipinski definition) is 5. The van der Waals surface area contributed by atoms with Crippen LogP contribution >= 0.6 is 0 Å². The molecule has 3 N–H and O–H groups in total. The molecule has 2 unspecified atom stereocenters. The molecule has 0 aliphatic carbocycles. The van der Waals surface area contributed by atoms with Crippen LogP contribution in [0.5, 0.6) is 5.75 Å². The minimum atomic E-state index is -1.08. The average Bonchev–Trinajstić information content (AvgIpc) is 3.10. The van der Waals surface area contributed by atoms with Crippen molar-refractivity contribution in [1.82, 2.24) is 20.1 Å². The average molecular weight is 456 g/mol. The van der Waals surface area contributed by atoms with Gasteiger partial charge in [-0.2, -0.15) is 0 Å². The van der Waals surface area contributed by atoms with Crippen LogP contribution in [0, 0.1) is 0 Å². The predicted octanol–water partition coefficient (Wildman–Crippen LogP) is 1.80. The van der Waals surface area contributed by atoms with Crippen molar-refractivity contribution in [3.8, 4) is 17.0 Å². The van der Waals surface area contributed by atoms with Gasteiger partial charge in [0, 0.05) is 0 Å². The molecule has 2 aromatic heterocycles. The summed E-state index contributed by atoms with van der Waals surface area (Å²) in [5.41, 5.74) is 2.69. The van der Waals surface area contributed by atoms with Crippen LogP contribution in [0.25, 0.3) is 22.3 Å². The van der Waals surface area contributed by atoms with Gasteiger partial charge in [-0.15, -0.1) is 0 Å². The van der Waals surface area contributed by atoms with E-state index in [1.807, 2.05) is 12.1 Å². The third kappa shape index (κ3) is 3.85. The number of phenolic OH excluding ortho intramolecular Hbond substituents is 1. The van der Waals surface area contributed by atoms with Gasteiger partial charge in [0.15, 0.2) is 0 Å². The van der Waals surface area contributed by atoms with Crippen LogP contribution < -0.4 is 4.48 Å². The number of carbonyl (C=O) groups excluding carboxylic acids is 1. The summed E-state index contributed by atoms with van der Waals surface area (Å²) in [4.78, 5) is 29.4. The van der Waals surface area contributed by atoms with Crippen LogP contribution in [-0.4, -0.2) is 69.8 Å². The maximum atomic E-state index is 11.8. The summed E-state index contributed by atoms with van der Waals surface area (Å²) in [6.07, 6.45) is 0.682. The standard InChI is InChI=1S/C20H21AsN4O4/c1-11(26)21-18-17-14(12-5-4-8-25(10-12)20(28)29)9-15(22-19(17)24-23-18)13-6-2-3-7-16(13)27/h2-3,6-7,9,12,21,27H,4-5,8,10H2,1H3,(H,28,29)(H,22,23,24). The monoisotopic (exact) mass is 456 g/mol. The summed E-state index contributed by atoms with van der Waals surface area (Å²) >= 11 is -1.08. The van der Waals surface area contributed by atoms with Crippen molar-refractivity contribution < 1.29 is 19.8 Å². The number of rotatable bonds is 4. The van der Waals surface area contributed by atoms with Crippen LogP contribution in [0.2, 0.25) is 0 Å². The molecule has 1 aromatic carbocycles. The van der Waals surface area contributed by atoms with E-state index in [4.69, 9.17) is 0 Å². The molecular weight excluding hydrogens is 435 g/mol. The first-order valence-electron chi connectivity index (χ1n) is 9.37. The van der Waals surface area contributed by atoms with Crippen LogP contribution in [0.3, 0.4) is 0 Å². The summed E-state index contributed by atoms with van der Waals surface area (Å²) in [6, 6.07) is 8.88. The molecule has 0 spiro atoms. The predicted molar refractivity (Wildman–Crippen MR) is 110 cm³/mol. The number of amides is 1. The summed E-state index contributed by atoms with van der Waals surface area (Å²) in [6.45, 7) is 2.47. The molecule has 0 saturated carbocycles. The van der Waals surface area contributed by atoms with E-state index in [9.17, 15) is 19.8 Å². The number of aromatic nitrogens is 3. The number of phenols is 1. The van der Waals surface area contributed by atoms with Gasteiger partial charge < -0.3 is 0 Å². The summed E-state index contributed by atoms with van der Waals surface area (Å²) in [7, 11) is 0. The zero-order valence-electron chi connectivity index (χ0n) is 15.8. The number of hydrogen-bond donors (Lipinski definition) is 3. The molecule has 1 aliphatic rings. The number of pyridine rings is 1. The fourth-order valence-corrected chi connectivity index (χ4v) is 5.62. The van der Waals surface area contributed by atoms with Crippen molar-refractivity contribution in [2.75, 3.05) is 13.1 Å². The first kappa shape index (κ1) is 19.5. The summed E-state index contributed by atoms with van der Waals surface area (Å²) in [5.74, 6) is 0.0999. The van der Waals surface area contributed by atoms with E-state index in [1.165, 1.54) is 4.90 Å². The molecule has 29 heavy (non-hydrogen) atoms. The number of benzene rings is 1. The van der Waals surface area contributed by atoms with Gasteiger partial charge in [0.05, 0.1) is 0 Å². The Morgan fingerprint density at radius 3 is 2.83 bits per heavy atom. The summed E-state index contributed by atoms with van der Waals surface area (Å²) in [5, 5.41) is 27.9. The summed E-state index contributed by atoms with van der Waals surface area (Å²) < 4.78 is 0.858. The zero-order valence-corrected chi connectivity index (χ0v) is 17.9. The molecule has 1 saturated heterocycles. The van der Waals surface area contributed by atoms with E-state index >= 15 is 0 Å². The molecule has 0 bridgehead atoms. The van der Waals surface area contributed by atoms with Crippen LogP contribution in [0.1, 0.15) is 31.2 Å². The Balaban J connectivity index is 1.88. The first-order chi connectivity index (χ1) is 13.9. The zero-order chi connectivity index (χ0) is 20.5. The normalized spacial score (nSPS) is 17.3. The number of piperidine rings is 1. The van der Waals surface area contributed by atoms with Gasteiger partial charge in [0.1, 0.15) is 0 Å². The molecule has 1 aliphatic heterocycles.